The number of para-hydroxylation sites is 3. The van der Waals surface area contributed by atoms with Crippen molar-refractivity contribution in [1.29, 1.82) is 0 Å². The van der Waals surface area contributed by atoms with Crippen LogP contribution in [0.2, 0.25) is 0 Å². The second-order valence-electron chi connectivity index (χ2n) is 5.41. The van der Waals surface area contributed by atoms with Crippen LogP contribution in [-0.4, -0.2) is 25.1 Å². The number of nitrogens with one attached hydrogen (secondary N) is 2. The van der Waals surface area contributed by atoms with Crippen molar-refractivity contribution in [2.75, 3.05) is 24.9 Å². The molecule has 0 aliphatic carbocycles. The molecule has 0 unspecified atom stereocenters. The molecular weight excluding hydrogens is 330 g/mol. The van der Waals surface area contributed by atoms with E-state index in [9.17, 15) is 4.79 Å². The second-order valence-corrected chi connectivity index (χ2v) is 5.41. The topological polar surface area (TPSA) is 72.5 Å². The lowest BCUT2D eigenvalue weighted by molar-refractivity contribution is 0.102. The highest BCUT2D eigenvalue weighted by Gasteiger charge is 2.12. The lowest BCUT2D eigenvalue weighted by Gasteiger charge is -2.11. The molecule has 0 saturated heterocycles. The maximum Gasteiger partial charge on any atom is 0.259 e. The fourth-order valence-corrected chi connectivity index (χ4v) is 2.46. The lowest BCUT2D eigenvalue weighted by atomic mass is 10.2. The van der Waals surface area contributed by atoms with Crippen LogP contribution >= 0.6 is 0 Å². The van der Waals surface area contributed by atoms with Crippen molar-refractivity contribution in [2.45, 2.75) is 0 Å². The molecule has 0 bridgehead atoms. The Morgan fingerprint density at radius 2 is 1.58 bits per heavy atom. The molecule has 1 heterocycles. The molecule has 1 amide bonds. The first-order valence-corrected chi connectivity index (χ1v) is 8.01. The molecule has 0 aliphatic rings. The number of carbonyl (C=O) groups excluding carboxylic acids is 1. The van der Waals surface area contributed by atoms with Gasteiger partial charge in [-0.15, -0.1) is 0 Å². The Morgan fingerprint density at radius 1 is 0.885 bits per heavy atom. The van der Waals surface area contributed by atoms with Crippen LogP contribution in [-0.2, 0) is 0 Å². The quantitative estimate of drug-likeness (QED) is 0.701. The van der Waals surface area contributed by atoms with Crippen LogP contribution in [0.15, 0.2) is 66.9 Å². The van der Waals surface area contributed by atoms with Gasteiger partial charge in [0.2, 0.25) is 0 Å². The zero-order chi connectivity index (χ0) is 18.4. The summed E-state index contributed by atoms with van der Waals surface area (Å²) in [5.74, 6) is 1.63. The van der Waals surface area contributed by atoms with Crippen molar-refractivity contribution >= 4 is 23.1 Å². The average Bonchev–Trinajstić information content (AvgIpc) is 2.69. The highest BCUT2D eigenvalue weighted by atomic mass is 16.5. The average molecular weight is 349 g/mol. The van der Waals surface area contributed by atoms with Crippen LogP contribution in [0.1, 0.15) is 10.4 Å². The van der Waals surface area contributed by atoms with Crippen LogP contribution in [0.4, 0.5) is 17.2 Å². The minimum atomic E-state index is -0.255. The Hall–Kier alpha value is -3.54. The third-order valence-electron chi connectivity index (χ3n) is 3.74. The Morgan fingerprint density at radius 3 is 2.27 bits per heavy atom. The number of rotatable bonds is 6. The number of nitrogens with zero attached hydrogens (tertiary/aromatic N) is 1. The molecule has 1 aromatic heterocycles. The van der Waals surface area contributed by atoms with Gasteiger partial charge in [-0.1, -0.05) is 24.3 Å². The monoisotopic (exact) mass is 349 g/mol. The van der Waals surface area contributed by atoms with Crippen molar-refractivity contribution in [1.82, 2.24) is 4.98 Å². The van der Waals surface area contributed by atoms with Crippen LogP contribution in [0.3, 0.4) is 0 Å². The van der Waals surface area contributed by atoms with Crippen LogP contribution in [0, 0.1) is 0 Å². The van der Waals surface area contributed by atoms with Crippen molar-refractivity contribution < 1.29 is 14.3 Å². The van der Waals surface area contributed by atoms with Crippen molar-refractivity contribution in [3.05, 3.63) is 72.4 Å². The standard InChI is InChI=1S/C20H19N3O3/c1-25-17-9-5-3-7-15(17)20(24)22-14-11-12-19(21-13-14)23-16-8-4-6-10-18(16)26-2/h3-13H,1-2H3,(H,21,23)(H,22,24). The normalized spacial score (nSPS) is 10.1. The highest BCUT2D eigenvalue weighted by Crippen LogP contribution is 2.26. The maximum absolute atomic E-state index is 12.4. The molecular formula is C20H19N3O3. The number of amides is 1. The van der Waals surface area contributed by atoms with E-state index in [4.69, 9.17) is 9.47 Å². The molecule has 6 heteroatoms. The zero-order valence-electron chi connectivity index (χ0n) is 14.5. The number of benzene rings is 2. The summed E-state index contributed by atoms with van der Waals surface area (Å²) in [5, 5.41) is 6.00. The van der Waals surface area contributed by atoms with E-state index in [1.807, 2.05) is 30.3 Å². The van der Waals surface area contributed by atoms with Gasteiger partial charge < -0.3 is 20.1 Å². The molecule has 3 aromatic rings. The molecule has 6 nitrogen and oxygen atoms in total. The maximum atomic E-state index is 12.4. The van der Waals surface area contributed by atoms with E-state index < -0.39 is 0 Å². The van der Waals surface area contributed by atoms with E-state index in [1.54, 1.807) is 43.6 Å². The first kappa shape index (κ1) is 17.3. The molecule has 3 rings (SSSR count). The van der Waals surface area contributed by atoms with E-state index in [1.165, 1.54) is 7.11 Å². The number of hydrogen-bond donors (Lipinski definition) is 2. The number of aromatic nitrogens is 1. The van der Waals surface area contributed by atoms with Crippen molar-refractivity contribution in [2.24, 2.45) is 0 Å². The first-order valence-electron chi connectivity index (χ1n) is 8.01. The summed E-state index contributed by atoms with van der Waals surface area (Å²) in [6.07, 6.45) is 1.59. The molecule has 0 spiro atoms. The number of ether oxygens (including phenoxy) is 2. The fraction of sp³-hybridized carbons (Fsp3) is 0.100. The number of carbonyl (C=O) groups is 1. The molecule has 26 heavy (non-hydrogen) atoms. The number of methoxy groups -OCH3 is 2. The van der Waals surface area contributed by atoms with Crippen molar-refractivity contribution in [3.8, 4) is 11.5 Å². The molecule has 0 aliphatic heterocycles. The Labute approximate surface area is 151 Å². The zero-order valence-corrected chi connectivity index (χ0v) is 14.5. The van der Waals surface area contributed by atoms with Crippen LogP contribution < -0.4 is 20.1 Å². The van der Waals surface area contributed by atoms with Gasteiger partial charge in [-0.25, -0.2) is 4.98 Å². The van der Waals surface area contributed by atoms with Gasteiger partial charge in [-0.2, -0.15) is 0 Å². The molecule has 2 N–H and O–H groups in total. The van der Waals surface area contributed by atoms with Gasteiger partial charge in [0.1, 0.15) is 17.3 Å². The summed E-state index contributed by atoms with van der Waals surface area (Å²) in [4.78, 5) is 16.7. The summed E-state index contributed by atoms with van der Waals surface area (Å²) in [7, 11) is 3.15. The Balaban J connectivity index is 1.71. The van der Waals surface area contributed by atoms with Gasteiger partial charge in [0, 0.05) is 0 Å². The highest BCUT2D eigenvalue weighted by molar-refractivity contribution is 6.06. The Kier molecular flexibility index (Phi) is 5.34. The minimum Gasteiger partial charge on any atom is -0.496 e. The third kappa shape index (κ3) is 3.92. The first-order chi connectivity index (χ1) is 12.7. The van der Waals surface area contributed by atoms with Crippen LogP contribution in [0.25, 0.3) is 0 Å². The summed E-state index contributed by atoms with van der Waals surface area (Å²) >= 11 is 0. The minimum absolute atomic E-state index is 0.255. The van der Waals surface area contributed by atoms with Gasteiger partial charge in [-0.05, 0) is 36.4 Å². The molecule has 0 fully saturated rings. The van der Waals surface area contributed by atoms with Gasteiger partial charge >= 0.3 is 0 Å². The van der Waals surface area contributed by atoms with E-state index in [0.29, 0.717) is 22.8 Å². The molecule has 0 atom stereocenters. The van der Waals surface area contributed by atoms with E-state index in [-0.39, 0.29) is 5.91 Å². The van der Waals surface area contributed by atoms with Gasteiger partial charge in [0.25, 0.3) is 5.91 Å². The van der Waals surface area contributed by atoms with E-state index >= 15 is 0 Å². The number of anilines is 3. The number of pyridine rings is 1. The molecule has 132 valence electrons. The van der Waals surface area contributed by atoms with Crippen molar-refractivity contribution in [3.63, 3.8) is 0 Å². The molecule has 0 saturated carbocycles. The van der Waals surface area contributed by atoms with E-state index in [2.05, 4.69) is 15.6 Å². The van der Waals surface area contributed by atoms with Gasteiger partial charge in [0.15, 0.2) is 0 Å². The Bertz CT molecular complexity index is 895. The second kappa shape index (κ2) is 8.02. The number of hydrogen-bond acceptors (Lipinski definition) is 5. The largest absolute Gasteiger partial charge is 0.496 e. The predicted octanol–water partition coefficient (Wildman–Crippen LogP) is 4.09. The van der Waals surface area contributed by atoms with E-state index in [0.717, 1.165) is 11.4 Å². The molecule has 0 radical (unpaired) electrons. The molecule has 2 aromatic carbocycles. The summed E-state index contributed by atoms with van der Waals surface area (Å²) in [6.45, 7) is 0. The SMILES string of the molecule is COc1ccccc1Nc1ccc(NC(=O)c2ccccc2OC)cn1. The summed E-state index contributed by atoms with van der Waals surface area (Å²) < 4.78 is 10.5. The van der Waals surface area contributed by atoms with Gasteiger partial charge in [-0.3, -0.25) is 4.79 Å². The third-order valence-corrected chi connectivity index (χ3v) is 3.74. The summed E-state index contributed by atoms with van der Waals surface area (Å²) in [6, 6.07) is 18.2. The predicted molar refractivity (Wildman–Crippen MR) is 101 cm³/mol. The summed E-state index contributed by atoms with van der Waals surface area (Å²) in [5.41, 5.74) is 1.87. The van der Waals surface area contributed by atoms with Crippen LogP contribution in [0.5, 0.6) is 11.5 Å². The lowest BCUT2D eigenvalue weighted by Crippen LogP contribution is -2.13. The van der Waals surface area contributed by atoms with Gasteiger partial charge in [0.05, 0.1) is 37.4 Å². The smallest absolute Gasteiger partial charge is 0.259 e. The fourth-order valence-electron chi connectivity index (χ4n) is 2.46.